The summed E-state index contributed by atoms with van der Waals surface area (Å²) in [7, 11) is -3.43. The van der Waals surface area contributed by atoms with Crippen LogP contribution in [0.15, 0.2) is 29.2 Å². The van der Waals surface area contributed by atoms with E-state index in [9.17, 15) is 8.42 Å². The Bertz CT molecular complexity index is 555. The highest BCUT2D eigenvalue weighted by atomic mass is 32.2. The van der Waals surface area contributed by atoms with E-state index in [1.165, 1.54) is 0 Å². The molecule has 1 fully saturated rings. The summed E-state index contributed by atoms with van der Waals surface area (Å²) >= 11 is 1.86. The van der Waals surface area contributed by atoms with Gasteiger partial charge in [0.25, 0.3) is 0 Å². The minimum absolute atomic E-state index is 0.0463. The van der Waals surface area contributed by atoms with E-state index in [1.807, 2.05) is 17.8 Å². The van der Waals surface area contributed by atoms with Gasteiger partial charge < -0.3 is 0 Å². The maximum atomic E-state index is 12.2. The zero-order valence-corrected chi connectivity index (χ0v) is 12.1. The minimum Gasteiger partial charge on any atom is -0.208 e. The maximum Gasteiger partial charge on any atom is 0.240 e. The topological polar surface area (TPSA) is 70.0 Å². The van der Waals surface area contributed by atoms with Crippen LogP contribution in [0.4, 0.5) is 0 Å². The Kier molecular flexibility index (Phi) is 4.86. The van der Waals surface area contributed by atoms with Crippen molar-refractivity contribution in [2.75, 3.05) is 11.5 Å². The summed E-state index contributed by atoms with van der Waals surface area (Å²) in [4.78, 5) is 0.271. The molecule has 6 heteroatoms. The number of nitrogens with zero attached hydrogens (tertiary/aromatic N) is 1. The van der Waals surface area contributed by atoms with Crippen LogP contribution >= 0.6 is 11.8 Å². The molecule has 0 atom stereocenters. The van der Waals surface area contributed by atoms with Crippen molar-refractivity contribution in [3.05, 3.63) is 29.8 Å². The lowest BCUT2D eigenvalue weighted by atomic mass is 10.2. The second-order valence-corrected chi connectivity index (χ2v) is 7.43. The van der Waals surface area contributed by atoms with E-state index in [0.717, 1.165) is 29.9 Å². The molecule has 1 aliphatic heterocycles. The standard InChI is InChI=1S/C13H16N2O2S2/c14-8-5-11-1-3-13(4-2-11)19(16,17)15-12-6-9-18-10-7-12/h1-4,12,15H,5-7,9-10H2. The van der Waals surface area contributed by atoms with E-state index in [2.05, 4.69) is 4.72 Å². The smallest absolute Gasteiger partial charge is 0.208 e. The first-order valence-corrected chi connectivity index (χ1v) is 8.81. The number of benzene rings is 1. The predicted octanol–water partition coefficient (Wildman–Crippen LogP) is 1.93. The molecule has 0 amide bonds. The monoisotopic (exact) mass is 296 g/mol. The molecule has 0 aliphatic carbocycles. The number of sulfonamides is 1. The first-order chi connectivity index (χ1) is 9.12. The van der Waals surface area contributed by atoms with Gasteiger partial charge >= 0.3 is 0 Å². The van der Waals surface area contributed by atoms with E-state index >= 15 is 0 Å². The molecule has 0 unspecified atom stereocenters. The third-order valence-corrected chi connectivity index (χ3v) is 5.65. The molecule has 0 bridgehead atoms. The number of thioether (sulfide) groups is 1. The van der Waals surface area contributed by atoms with Crippen LogP contribution in [-0.2, 0) is 16.4 Å². The second-order valence-electron chi connectivity index (χ2n) is 4.49. The van der Waals surface area contributed by atoms with Crippen molar-refractivity contribution >= 4 is 21.8 Å². The Morgan fingerprint density at radius 1 is 1.26 bits per heavy atom. The molecule has 1 aromatic carbocycles. The number of nitrogens with one attached hydrogen (secondary N) is 1. The van der Waals surface area contributed by atoms with Crippen molar-refractivity contribution in [1.82, 2.24) is 4.72 Å². The van der Waals surface area contributed by atoms with Gasteiger partial charge in [0.1, 0.15) is 0 Å². The number of hydrogen-bond donors (Lipinski definition) is 1. The van der Waals surface area contributed by atoms with Crippen LogP contribution in [0.1, 0.15) is 18.4 Å². The van der Waals surface area contributed by atoms with Crippen LogP contribution in [0.5, 0.6) is 0 Å². The molecule has 1 saturated heterocycles. The summed E-state index contributed by atoms with van der Waals surface area (Å²) in [5.74, 6) is 2.02. The van der Waals surface area contributed by atoms with Crippen molar-refractivity contribution in [3.8, 4) is 6.07 Å². The van der Waals surface area contributed by atoms with Crippen LogP contribution in [-0.4, -0.2) is 26.0 Å². The van der Waals surface area contributed by atoms with Crippen LogP contribution < -0.4 is 4.72 Å². The summed E-state index contributed by atoms with van der Waals surface area (Å²) in [5.41, 5.74) is 0.829. The fraction of sp³-hybridized carbons (Fsp3) is 0.462. The molecule has 19 heavy (non-hydrogen) atoms. The molecule has 0 spiro atoms. The lowest BCUT2D eigenvalue weighted by Gasteiger charge is -2.22. The maximum absolute atomic E-state index is 12.2. The van der Waals surface area contributed by atoms with E-state index in [1.54, 1.807) is 24.3 Å². The highest BCUT2D eigenvalue weighted by Crippen LogP contribution is 2.19. The third kappa shape index (κ3) is 3.96. The fourth-order valence-corrected chi connectivity index (χ4v) is 4.39. The normalized spacial score (nSPS) is 17.0. The Balaban J connectivity index is 2.08. The molecule has 1 heterocycles. The van der Waals surface area contributed by atoms with Crippen molar-refractivity contribution in [3.63, 3.8) is 0 Å². The van der Waals surface area contributed by atoms with E-state index in [-0.39, 0.29) is 10.9 Å². The Hall–Kier alpha value is -1.03. The summed E-state index contributed by atoms with van der Waals surface area (Å²) in [5, 5.41) is 8.58. The fourth-order valence-electron chi connectivity index (χ4n) is 1.98. The Morgan fingerprint density at radius 2 is 1.89 bits per heavy atom. The zero-order chi connectivity index (χ0) is 13.7. The lowest BCUT2D eigenvalue weighted by molar-refractivity contribution is 0.529. The van der Waals surface area contributed by atoms with Crippen molar-refractivity contribution in [2.24, 2.45) is 0 Å². The molecule has 0 aromatic heterocycles. The van der Waals surface area contributed by atoms with E-state index in [0.29, 0.717) is 6.42 Å². The summed E-state index contributed by atoms with van der Waals surface area (Å²) in [6.45, 7) is 0. The van der Waals surface area contributed by atoms with E-state index in [4.69, 9.17) is 5.26 Å². The van der Waals surface area contributed by atoms with Gasteiger partial charge in [-0.2, -0.15) is 17.0 Å². The van der Waals surface area contributed by atoms with E-state index < -0.39 is 10.0 Å². The molecular weight excluding hydrogens is 280 g/mol. The van der Waals surface area contributed by atoms with Gasteiger partial charge in [0.2, 0.25) is 10.0 Å². The highest BCUT2D eigenvalue weighted by molar-refractivity contribution is 7.99. The van der Waals surface area contributed by atoms with Crippen molar-refractivity contribution in [2.45, 2.75) is 30.2 Å². The van der Waals surface area contributed by atoms with Gasteiger partial charge in [-0.3, -0.25) is 0 Å². The molecule has 1 aliphatic rings. The van der Waals surface area contributed by atoms with Gasteiger partial charge in [-0.05, 0) is 42.0 Å². The second kappa shape index (κ2) is 6.42. The zero-order valence-electron chi connectivity index (χ0n) is 10.5. The third-order valence-electron chi connectivity index (χ3n) is 3.06. The number of rotatable bonds is 4. The average Bonchev–Trinajstić information content (AvgIpc) is 2.40. The van der Waals surface area contributed by atoms with Gasteiger partial charge in [-0.1, -0.05) is 12.1 Å². The summed E-state index contributed by atoms with van der Waals surface area (Å²) in [6, 6.07) is 8.59. The van der Waals surface area contributed by atoms with Crippen LogP contribution in [0, 0.1) is 11.3 Å². The Labute approximate surface area is 118 Å². The van der Waals surface area contributed by atoms with Crippen molar-refractivity contribution in [1.29, 1.82) is 5.26 Å². The first kappa shape index (κ1) is 14.4. The van der Waals surface area contributed by atoms with Crippen LogP contribution in [0.2, 0.25) is 0 Å². The molecule has 1 aromatic rings. The first-order valence-electron chi connectivity index (χ1n) is 6.18. The van der Waals surface area contributed by atoms with Gasteiger partial charge in [0.15, 0.2) is 0 Å². The van der Waals surface area contributed by atoms with Gasteiger partial charge in [-0.15, -0.1) is 0 Å². The highest BCUT2D eigenvalue weighted by Gasteiger charge is 2.21. The SMILES string of the molecule is N#CCc1ccc(S(=O)(=O)NC2CCSCC2)cc1. The van der Waals surface area contributed by atoms with Crippen molar-refractivity contribution < 1.29 is 8.42 Å². The van der Waals surface area contributed by atoms with Crippen LogP contribution in [0.3, 0.4) is 0 Å². The quantitative estimate of drug-likeness (QED) is 0.921. The predicted molar refractivity (Wildman–Crippen MR) is 76.4 cm³/mol. The molecule has 1 N–H and O–H groups in total. The molecule has 0 radical (unpaired) electrons. The Morgan fingerprint density at radius 3 is 2.47 bits per heavy atom. The van der Waals surface area contributed by atoms with Gasteiger partial charge in [0.05, 0.1) is 17.4 Å². The van der Waals surface area contributed by atoms with Gasteiger partial charge in [-0.25, -0.2) is 13.1 Å². The average molecular weight is 296 g/mol. The lowest BCUT2D eigenvalue weighted by Crippen LogP contribution is -2.37. The molecular formula is C13H16N2O2S2. The summed E-state index contributed by atoms with van der Waals surface area (Å²) in [6.07, 6.45) is 2.07. The summed E-state index contributed by atoms with van der Waals surface area (Å²) < 4.78 is 27.1. The minimum atomic E-state index is -3.43. The molecule has 4 nitrogen and oxygen atoms in total. The number of hydrogen-bond acceptors (Lipinski definition) is 4. The largest absolute Gasteiger partial charge is 0.240 e. The molecule has 2 rings (SSSR count). The molecule has 102 valence electrons. The van der Waals surface area contributed by atoms with Crippen LogP contribution in [0.25, 0.3) is 0 Å². The molecule has 0 saturated carbocycles. The number of nitriles is 1. The van der Waals surface area contributed by atoms with Gasteiger partial charge in [0, 0.05) is 6.04 Å².